The molecule has 1 aromatic heterocycles. The fourth-order valence-corrected chi connectivity index (χ4v) is 1.29. The number of furan rings is 1. The molecule has 0 saturated heterocycles. The highest BCUT2D eigenvalue weighted by molar-refractivity contribution is 5.19. The van der Waals surface area contributed by atoms with Crippen LogP contribution in [0.15, 0.2) is 10.5 Å². The summed E-state index contributed by atoms with van der Waals surface area (Å²) in [6.45, 7) is 5.83. The Bertz CT molecular complexity index is 255. The third-order valence-corrected chi connectivity index (χ3v) is 1.97. The van der Waals surface area contributed by atoms with Gasteiger partial charge in [0, 0.05) is 18.7 Å². The van der Waals surface area contributed by atoms with Gasteiger partial charge in [-0.1, -0.05) is 0 Å². The second kappa shape index (κ2) is 5.04. The Balaban J connectivity index is 2.32. The molecule has 2 N–H and O–H groups in total. The lowest BCUT2D eigenvalue weighted by Gasteiger charge is -2.01. The van der Waals surface area contributed by atoms with Gasteiger partial charge >= 0.3 is 0 Å². The average Bonchev–Trinajstić information content (AvgIpc) is 2.39. The second-order valence-electron chi connectivity index (χ2n) is 3.19. The number of aryl methyl sites for hydroxylation is 2. The molecule has 0 aromatic carbocycles. The lowest BCUT2D eigenvalue weighted by Crippen LogP contribution is -2.15. The zero-order valence-corrected chi connectivity index (χ0v) is 8.26. The molecule has 0 aliphatic rings. The first-order valence-corrected chi connectivity index (χ1v) is 4.61. The molecule has 0 unspecified atom stereocenters. The molecule has 13 heavy (non-hydrogen) atoms. The minimum Gasteiger partial charge on any atom is -0.466 e. The topological polar surface area (TPSA) is 45.4 Å². The summed E-state index contributed by atoms with van der Waals surface area (Å²) in [7, 11) is 0. The van der Waals surface area contributed by atoms with Crippen LogP contribution in [0.1, 0.15) is 23.5 Å². The molecule has 0 aliphatic heterocycles. The van der Waals surface area contributed by atoms with Gasteiger partial charge in [-0.2, -0.15) is 0 Å². The summed E-state index contributed by atoms with van der Waals surface area (Å²) in [5, 5.41) is 11.8. The van der Waals surface area contributed by atoms with Crippen molar-refractivity contribution in [2.24, 2.45) is 0 Å². The van der Waals surface area contributed by atoms with E-state index in [1.807, 2.05) is 19.9 Å². The van der Waals surface area contributed by atoms with E-state index in [0.717, 1.165) is 31.0 Å². The molecule has 1 rings (SSSR count). The van der Waals surface area contributed by atoms with E-state index < -0.39 is 0 Å². The summed E-state index contributed by atoms with van der Waals surface area (Å²) in [6, 6.07) is 2.04. The zero-order chi connectivity index (χ0) is 9.68. The second-order valence-corrected chi connectivity index (χ2v) is 3.19. The van der Waals surface area contributed by atoms with Gasteiger partial charge in [0.1, 0.15) is 11.5 Å². The number of aliphatic hydroxyl groups excluding tert-OH is 1. The molecule has 3 nitrogen and oxygen atoms in total. The summed E-state index contributed by atoms with van der Waals surface area (Å²) >= 11 is 0. The SMILES string of the molecule is Cc1cc(CNCCCO)c(C)o1. The summed E-state index contributed by atoms with van der Waals surface area (Å²) in [5.74, 6) is 1.94. The maximum absolute atomic E-state index is 8.56. The molecule has 0 amide bonds. The van der Waals surface area contributed by atoms with Gasteiger partial charge < -0.3 is 14.8 Å². The van der Waals surface area contributed by atoms with Crippen molar-refractivity contribution in [2.45, 2.75) is 26.8 Å². The largest absolute Gasteiger partial charge is 0.466 e. The van der Waals surface area contributed by atoms with Crippen LogP contribution in [-0.2, 0) is 6.54 Å². The number of nitrogens with one attached hydrogen (secondary N) is 1. The third kappa shape index (κ3) is 3.20. The number of rotatable bonds is 5. The predicted octanol–water partition coefficient (Wildman–Crippen LogP) is 1.37. The highest BCUT2D eigenvalue weighted by Crippen LogP contribution is 2.12. The summed E-state index contributed by atoms with van der Waals surface area (Å²) in [4.78, 5) is 0. The van der Waals surface area contributed by atoms with Gasteiger partial charge in [0.15, 0.2) is 0 Å². The first-order chi connectivity index (χ1) is 6.24. The van der Waals surface area contributed by atoms with Crippen LogP contribution in [0, 0.1) is 13.8 Å². The van der Waals surface area contributed by atoms with Crippen molar-refractivity contribution in [3.63, 3.8) is 0 Å². The Hall–Kier alpha value is -0.800. The molecule has 1 aromatic rings. The van der Waals surface area contributed by atoms with Gasteiger partial charge in [-0.25, -0.2) is 0 Å². The highest BCUT2D eigenvalue weighted by Gasteiger charge is 2.02. The van der Waals surface area contributed by atoms with Crippen LogP contribution in [0.25, 0.3) is 0 Å². The van der Waals surface area contributed by atoms with Crippen LogP contribution in [0.4, 0.5) is 0 Å². The van der Waals surface area contributed by atoms with Crippen LogP contribution in [-0.4, -0.2) is 18.3 Å². The first kappa shape index (κ1) is 10.3. The standard InChI is InChI=1S/C10H17NO2/c1-8-6-10(9(2)13-8)7-11-4-3-5-12/h6,11-12H,3-5,7H2,1-2H3. The molecule has 74 valence electrons. The van der Waals surface area contributed by atoms with Crippen molar-refractivity contribution >= 4 is 0 Å². The van der Waals surface area contributed by atoms with Crippen molar-refractivity contribution in [1.29, 1.82) is 0 Å². The zero-order valence-electron chi connectivity index (χ0n) is 8.26. The van der Waals surface area contributed by atoms with Crippen molar-refractivity contribution in [1.82, 2.24) is 5.32 Å². The number of hydrogen-bond donors (Lipinski definition) is 2. The molecular formula is C10H17NO2. The van der Waals surface area contributed by atoms with Crippen LogP contribution in [0.3, 0.4) is 0 Å². The van der Waals surface area contributed by atoms with Crippen LogP contribution in [0.5, 0.6) is 0 Å². The Morgan fingerprint density at radius 3 is 2.77 bits per heavy atom. The van der Waals surface area contributed by atoms with Crippen molar-refractivity contribution in [2.75, 3.05) is 13.2 Å². The van der Waals surface area contributed by atoms with Crippen molar-refractivity contribution < 1.29 is 9.52 Å². The van der Waals surface area contributed by atoms with E-state index in [2.05, 4.69) is 5.32 Å². The molecule has 0 saturated carbocycles. The lowest BCUT2D eigenvalue weighted by atomic mass is 10.2. The maximum Gasteiger partial charge on any atom is 0.105 e. The third-order valence-electron chi connectivity index (χ3n) is 1.97. The summed E-state index contributed by atoms with van der Waals surface area (Å²) in [5.41, 5.74) is 1.20. The normalized spacial score (nSPS) is 10.7. The number of hydrogen-bond acceptors (Lipinski definition) is 3. The Morgan fingerprint density at radius 2 is 2.23 bits per heavy atom. The maximum atomic E-state index is 8.56. The minimum absolute atomic E-state index is 0.246. The van der Waals surface area contributed by atoms with E-state index in [-0.39, 0.29) is 6.61 Å². The van der Waals surface area contributed by atoms with E-state index in [4.69, 9.17) is 9.52 Å². The average molecular weight is 183 g/mol. The molecule has 0 aliphatic carbocycles. The van der Waals surface area contributed by atoms with Gasteiger partial charge in [0.2, 0.25) is 0 Å². The van der Waals surface area contributed by atoms with Gasteiger partial charge in [-0.05, 0) is 32.9 Å². The van der Waals surface area contributed by atoms with Crippen LogP contribution in [0.2, 0.25) is 0 Å². The summed E-state index contributed by atoms with van der Waals surface area (Å²) in [6.07, 6.45) is 0.801. The molecular weight excluding hydrogens is 166 g/mol. The molecule has 0 radical (unpaired) electrons. The quantitative estimate of drug-likeness (QED) is 0.678. The van der Waals surface area contributed by atoms with Gasteiger partial charge in [-0.3, -0.25) is 0 Å². The lowest BCUT2D eigenvalue weighted by molar-refractivity contribution is 0.286. The predicted molar refractivity (Wildman–Crippen MR) is 51.6 cm³/mol. The van der Waals surface area contributed by atoms with E-state index in [0.29, 0.717) is 0 Å². The summed E-state index contributed by atoms with van der Waals surface area (Å²) < 4.78 is 5.38. The molecule has 0 atom stereocenters. The monoisotopic (exact) mass is 183 g/mol. The van der Waals surface area contributed by atoms with E-state index in [1.165, 1.54) is 5.56 Å². The van der Waals surface area contributed by atoms with Gasteiger partial charge in [0.05, 0.1) is 0 Å². The van der Waals surface area contributed by atoms with Crippen LogP contribution >= 0.6 is 0 Å². The van der Waals surface area contributed by atoms with Crippen molar-refractivity contribution in [3.8, 4) is 0 Å². The van der Waals surface area contributed by atoms with Crippen LogP contribution < -0.4 is 5.32 Å². The Labute approximate surface area is 78.8 Å². The van der Waals surface area contributed by atoms with Gasteiger partial charge in [-0.15, -0.1) is 0 Å². The van der Waals surface area contributed by atoms with E-state index >= 15 is 0 Å². The first-order valence-electron chi connectivity index (χ1n) is 4.61. The Morgan fingerprint density at radius 1 is 1.46 bits per heavy atom. The highest BCUT2D eigenvalue weighted by atomic mass is 16.3. The number of aliphatic hydroxyl groups is 1. The molecule has 3 heteroatoms. The van der Waals surface area contributed by atoms with Gasteiger partial charge in [0.25, 0.3) is 0 Å². The molecule has 0 spiro atoms. The molecule has 0 bridgehead atoms. The van der Waals surface area contributed by atoms with E-state index in [9.17, 15) is 0 Å². The van der Waals surface area contributed by atoms with E-state index in [1.54, 1.807) is 0 Å². The minimum atomic E-state index is 0.246. The Kier molecular flexibility index (Phi) is 3.99. The fourth-order valence-electron chi connectivity index (χ4n) is 1.29. The van der Waals surface area contributed by atoms with Crippen molar-refractivity contribution in [3.05, 3.63) is 23.2 Å². The molecule has 0 fully saturated rings. The fraction of sp³-hybridized carbons (Fsp3) is 0.600. The smallest absolute Gasteiger partial charge is 0.105 e. The molecule has 1 heterocycles.